The quantitative estimate of drug-likeness (QED) is 0.622. The Morgan fingerprint density at radius 3 is 2.18 bits per heavy atom. The van der Waals surface area contributed by atoms with E-state index in [1.807, 2.05) is 7.11 Å². The standard InChI is InChI=1S/C23H44N4O/c1-28-22-10-6-19(7-11-22)20-16-24-23(25-17-20)26-21-8-4-18(5-9-21)12-15-27-13-2-3-14-27/h18-26H,2-17H2,1H3. The van der Waals surface area contributed by atoms with Crippen molar-refractivity contribution in [3.63, 3.8) is 0 Å². The van der Waals surface area contributed by atoms with E-state index in [-0.39, 0.29) is 0 Å². The number of ether oxygens (including phenoxy) is 1. The van der Waals surface area contributed by atoms with E-state index in [0.29, 0.717) is 18.4 Å². The molecule has 2 aliphatic carbocycles. The van der Waals surface area contributed by atoms with Crippen molar-refractivity contribution in [3.05, 3.63) is 0 Å². The van der Waals surface area contributed by atoms with Gasteiger partial charge in [-0.2, -0.15) is 0 Å². The van der Waals surface area contributed by atoms with Crippen LogP contribution in [0.15, 0.2) is 0 Å². The Morgan fingerprint density at radius 1 is 0.857 bits per heavy atom. The number of nitrogens with zero attached hydrogens (tertiary/aromatic N) is 1. The maximum Gasteiger partial charge on any atom is 0.112 e. The Morgan fingerprint density at radius 2 is 1.54 bits per heavy atom. The first-order chi connectivity index (χ1) is 13.8. The first-order valence-corrected chi connectivity index (χ1v) is 12.3. The van der Waals surface area contributed by atoms with E-state index in [2.05, 4.69) is 20.9 Å². The van der Waals surface area contributed by atoms with Gasteiger partial charge in [-0.15, -0.1) is 0 Å². The van der Waals surface area contributed by atoms with Gasteiger partial charge in [0.25, 0.3) is 0 Å². The van der Waals surface area contributed by atoms with Crippen LogP contribution in [0, 0.1) is 17.8 Å². The summed E-state index contributed by atoms with van der Waals surface area (Å²) >= 11 is 0. The lowest BCUT2D eigenvalue weighted by Gasteiger charge is -2.40. The van der Waals surface area contributed by atoms with E-state index in [1.165, 1.54) is 90.3 Å². The molecule has 0 atom stereocenters. The highest BCUT2D eigenvalue weighted by Crippen LogP contribution is 2.32. The van der Waals surface area contributed by atoms with Crippen molar-refractivity contribution in [1.29, 1.82) is 0 Å². The second kappa shape index (κ2) is 10.7. The van der Waals surface area contributed by atoms with Crippen molar-refractivity contribution in [2.45, 2.75) is 89.1 Å². The second-order valence-electron chi connectivity index (χ2n) is 10.0. The topological polar surface area (TPSA) is 48.6 Å². The van der Waals surface area contributed by atoms with Gasteiger partial charge in [0.15, 0.2) is 0 Å². The third kappa shape index (κ3) is 5.91. The molecule has 4 fully saturated rings. The van der Waals surface area contributed by atoms with Crippen molar-refractivity contribution in [3.8, 4) is 0 Å². The highest BCUT2D eigenvalue weighted by molar-refractivity contribution is 4.87. The minimum atomic E-state index is 0.317. The molecule has 0 bridgehead atoms. The predicted octanol–water partition coefficient (Wildman–Crippen LogP) is 2.92. The smallest absolute Gasteiger partial charge is 0.112 e. The van der Waals surface area contributed by atoms with E-state index in [1.54, 1.807) is 0 Å². The van der Waals surface area contributed by atoms with Crippen molar-refractivity contribution >= 4 is 0 Å². The average molecular weight is 393 g/mol. The molecule has 0 radical (unpaired) electrons. The Hall–Kier alpha value is -0.200. The Kier molecular flexibility index (Phi) is 8.06. The molecule has 162 valence electrons. The molecule has 0 aromatic carbocycles. The molecule has 4 rings (SSSR count). The van der Waals surface area contributed by atoms with Gasteiger partial charge in [-0.1, -0.05) is 0 Å². The first-order valence-electron chi connectivity index (χ1n) is 12.3. The van der Waals surface area contributed by atoms with Gasteiger partial charge in [-0.05, 0) is 108 Å². The maximum atomic E-state index is 5.53. The van der Waals surface area contributed by atoms with Crippen LogP contribution in [-0.4, -0.2) is 63.2 Å². The Balaban J connectivity index is 1.09. The van der Waals surface area contributed by atoms with Gasteiger partial charge >= 0.3 is 0 Å². The van der Waals surface area contributed by atoms with Gasteiger partial charge in [0.05, 0.1) is 6.10 Å². The average Bonchev–Trinajstić information content (AvgIpc) is 3.28. The summed E-state index contributed by atoms with van der Waals surface area (Å²) < 4.78 is 5.53. The van der Waals surface area contributed by atoms with Gasteiger partial charge in [0.2, 0.25) is 0 Å². The molecule has 2 saturated carbocycles. The SMILES string of the molecule is COC1CCC(C2CNC(NC3CCC(CCN4CCCC4)CC3)NC2)CC1. The van der Waals surface area contributed by atoms with Crippen LogP contribution in [0.1, 0.15) is 70.6 Å². The van der Waals surface area contributed by atoms with Crippen LogP contribution in [0.3, 0.4) is 0 Å². The molecular weight excluding hydrogens is 348 g/mol. The van der Waals surface area contributed by atoms with Crippen LogP contribution in [0.5, 0.6) is 0 Å². The van der Waals surface area contributed by atoms with Gasteiger partial charge < -0.3 is 9.64 Å². The van der Waals surface area contributed by atoms with E-state index in [0.717, 1.165) is 30.8 Å². The van der Waals surface area contributed by atoms with E-state index < -0.39 is 0 Å². The fraction of sp³-hybridized carbons (Fsp3) is 1.00. The first kappa shape index (κ1) is 21.0. The molecule has 3 N–H and O–H groups in total. The van der Waals surface area contributed by atoms with Gasteiger partial charge in [0, 0.05) is 26.2 Å². The van der Waals surface area contributed by atoms with Crippen LogP contribution < -0.4 is 16.0 Å². The third-order valence-electron chi connectivity index (χ3n) is 8.19. The minimum absolute atomic E-state index is 0.317. The van der Waals surface area contributed by atoms with Crippen LogP contribution in [-0.2, 0) is 4.74 Å². The minimum Gasteiger partial charge on any atom is -0.381 e. The molecule has 4 aliphatic rings. The molecule has 5 nitrogen and oxygen atoms in total. The zero-order valence-electron chi connectivity index (χ0n) is 18.1. The summed E-state index contributed by atoms with van der Waals surface area (Å²) in [7, 11) is 1.87. The zero-order valence-corrected chi connectivity index (χ0v) is 18.1. The lowest BCUT2D eigenvalue weighted by Crippen LogP contribution is -2.63. The summed E-state index contributed by atoms with van der Waals surface area (Å²) in [4.78, 5) is 2.68. The summed E-state index contributed by atoms with van der Waals surface area (Å²) in [6, 6.07) is 0.696. The van der Waals surface area contributed by atoms with Crippen LogP contribution in [0.4, 0.5) is 0 Å². The van der Waals surface area contributed by atoms with E-state index >= 15 is 0 Å². The summed E-state index contributed by atoms with van der Waals surface area (Å²) in [5.74, 6) is 2.63. The molecule has 0 aromatic heterocycles. The molecule has 0 amide bonds. The maximum absolute atomic E-state index is 5.53. The lowest BCUT2D eigenvalue weighted by molar-refractivity contribution is 0.0414. The fourth-order valence-corrected chi connectivity index (χ4v) is 6.15. The molecule has 2 heterocycles. The molecule has 0 spiro atoms. The van der Waals surface area contributed by atoms with Crippen LogP contribution >= 0.6 is 0 Å². The van der Waals surface area contributed by atoms with Gasteiger partial charge in [0.1, 0.15) is 6.29 Å². The van der Waals surface area contributed by atoms with Gasteiger partial charge in [-0.25, -0.2) is 0 Å². The molecule has 5 heteroatoms. The predicted molar refractivity (Wildman–Crippen MR) is 115 cm³/mol. The molecule has 2 aliphatic heterocycles. The van der Waals surface area contributed by atoms with E-state index in [9.17, 15) is 0 Å². The number of hydrogen-bond acceptors (Lipinski definition) is 5. The Bertz CT molecular complexity index is 432. The Labute approximate surface area is 172 Å². The monoisotopic (exact) mass is 392 g/mol. The van der Waals surface area contributed by atoms with Crippen LogP contribution in [0.2, 0.25) is 0 Å². The number of nitrogens with one attached hydrogen (secondary N) is 3. The van der Waals surface area contributed by atoms with Crippen molar-refractivity contribution in [2.24, 2.45) is 17.8 Å². The summed E-state index contributed by atoms with van der Waals surface area (Å²) in [5.41, 5.74) is 0. The largest absolute Gasteiger partial charge is 0.381 e. The van der Waals surface area contributed by atoms with Crippen molar-refractivity contribution in [1.82, 2.24) is 20.9 Å². The zero-order chi connectivity index (χ0) is 19.2. The molecule has 0 aromatic rings. The number of hydrogen-bond donors (Lipinski definition) is 3. The summed E-state index contributed by atoms with van der Waals surface area (Å²) in [6.45, 7) is 6.38. The highest BCUT2D eigenvalue weighted by atomic mass is 16.5. The van der Waals surface area contributed by atoms with E-state index in [4.69, 9.17) is 4.74 Å². The fourth-order valence-electron chi connectivity index (χ4n) is 6.15. The number of methoxy groups -OCH3 is 1. The number of likely N-dealkylation sites (tertiary alicyclic amines) is 1. The lowest BCUT2D eigenvalue weighted by atomic mass is 9.78. The van der Waals surface area contributed by atoms with Crippen molar-refractivity contribution in [2.75, 3.05) is 39.8 Å². The normalized spacial score (nSPS) is 40.6. The molecule has 2 saturated heterocycles. The summed E-state index contributed by atoms with van der Waals surface area (Å²) in [5, 5.41) is 11.4. The summed E-state index contributed by atoms with van der Waals surface area (Å²) in [6.07, 6.45) is 15.8. The number of rotatable bonds is 7. The van der Waals surface area contributed by atoms with Crippen LogP contribution in [0.25, 0.3) is 0 Å². The molecule has 0 unspecified atom stereocenters. The third-order valence-corrected chi connectivity index (χ3v) is 8.19. The molecule has 28 heavy (non-hydrogen) atoms. The van der Waals surface area contributed by atoms with Gasteiger partial charge in [-0.3, -0.25) is 16.0 Å². The van der Waals surface area contributed by atoms with Crippen molar-refractivity contribution < 1.29 is 4.74 Å². The highest BCUT2D eigenvalue weighted by Gasteiger charge is 2.31. The molecular formula is C23H44N4O. The second-order valence-corrected chi connectivity index (χ2v) is 10.0.